The van der Waals surface area contributed by atoms with Gasteiger partial charge in [0, 0.05) is 32.7 Å². The number of nitrogens with zero attached hydrogens (tertiary/aromatic N) is 2. The summed E-state index contributed by atoms with van der Waals surface area (Å²) in [5.41, 5.74) is 1.54. The van der Waals surface area contributed by atoms with Gasteiger partial charge in [0.25, 0.3) is 0 Å². The van der Waals surface area contributed by atoms with E-state index >= 15 is 0 Å². The fraction of sp³-hybridized carbons (Fsp3) is 0.125. The summed E-state index contributed by atoms with van der Waals surface area (Å²) in [6.45, 7) is 0. The minimum Gasteiger partial charge on any atom is -0.293 e. The Balaban J connectivity index is 1.58. The van der Waals surface area contributed by atoms with E-state index in [0.29, 0.717) is 27.3 Å². The SMILES string of the molecule is O=C(c1ccccc1)[C@H]1[C@H](c2ccc(Cl)cc2Cl)C2(C(=O)c3ccccc3C2=O)[C@@H]2c3ccccc3C=NN21. The van der Waals surface area contributed by atoms with E-state index in [9.17, 15) is 14.4 Å². The third kappa shape index (κ3) is 3.20. The van der Waals surface area contributed by atoms with Crippen LogP contribution >= 0.6 is 23.2 Å². The quantitative estimate of drug-likeness (QED) is 0.208. The maximum absolute atomic E-state index is 14.7. The van der Waals surface area contributed by atoms with Crippen molar-refractivity contribution >= 4 is 46.8 Å². The molecule has 3 atom stereocenters. The van der Waals surface area contributed by atoms with Gasteiger partial charge in [-0.15, -0.1) is 0 Å². The van der Waals surface area contributed by atoms with Gasteiger partial charge in [0.05, 0.1) is 12.3 Å². The van der Waals surface area contributed by atoms with Crippen molar-refractivity contribution in [3.8, 4) is 0 Å². The lowest BCUT2D eigenvalue weighted by Gasteiger charge is -2.36. The molecule has 5 nitrogen and oxygen atoms in total. The minimum absolute atomic E-state index is 0.249. The molecule has 0 amide bonds. The van der Waals surface area contributed by atoms with Crippen LogP contribution in [0.4, 0.5) is 0 Å². The molecule has 0 unspecified atom stereocenters. The molecule has 39 heavy (non-hydrogen) atoms. The maximum atomic E-state index is 14.7. The number of fused-ring (bicyclic) bond motifs is 5. The standard InChI is InChI=1S/C32H20Cl2N2O3/c33-20-14-15-24(25(34)16-20)26-27(28(37)18-8-2-1-3-9-18)36-29(21-11-5-4-10-19(21)17-35-36)32(26)30(38)22-12-6-7-13-23(22)31(32)39/h1-17,26-27,29H/t26-,27+,29-/m0/s1. The van der Waals surface area contributed by atoms with Crippen LogP contribution in [-0.2, 0) is 0 Å². The zero-order chi connectivity index (χ0) is 26.9. The Hall–Kier alpha value is -4.06. The highest BCUT2D eigenvalue weighted by Gasteiger charge is 2.73. The molecule has 0 aromatic heterocycles. The number of rotatable bonds is 3. The highest BCUT2D eigenvalue weighted by Crippen LogP contribution is 2.65. The molecule has 4 aromatic rings. The number of carbonyl (C=O) groups is 3. The summed E-state index contributed by atoms with van der Waals surface area (Å²) < 4.78 is 0. The Morgan fingerprint density at radius 3 is 2.10 bits per heavy atom. The molecule has 4 aromatic carbocycles. The Morgan fingerprint density at radius 2 is 1.41 bits per heavy atom. The molecule has 7 rings (SSSR count). The molecule has 3 aliphatic rings. The summed E-state index contributed by atoms with van der Waals surface area (Å²) in [7, 11) is 0. The van der Waals surface area contributed by atoms with Crippen LogP contribution < -0.4 is 0 Å². The largest absolute Gasteiger partial charge is 0.293 e. The summed E-state index contributed by atoms with van der Waals surface area (Å²) in [6.07, 6.45) is 1.69. The molecule has 0 radical (unpaired) electrons. The van der Waals surface area contributed by atoms with Gasteiger partial charge in [-0.25, -0.2) is 0 Å². The van der Waals surface area contributed by atoms with Crippen LogP contribution in [0.15, 0.2) is 102 Å². The lowest BCUT2D eigenvalue weighted by atomic mass is 9.63. The molecule has 190 valence electrons. The van der Waals surface area contributed by atoms with Crippen molar-refractivity contribution in [3.05, 3.63) is 140 Å². The summed E-state index contributed by atoms with van der Waals surface area (Å²) in [6, 6.07) is 26.5. The zero-order valence-corrected chi connectivity index (χ0v) is 21.9. The van der Waals surface area contributed by atoms with Crippen LogP contribution in [0, 0.1) is 5.41 Å². The lowest BCUT2D eigenvalue weighted by Crippen LogP contribution is -2.44. The number of hydrazone groups is 1. The second kappa shape index (κ2) is 8.73. The first-order valence-corrected chi connectivity index (χ1v) is 13.3. The second-order valence-electron chi connectivity index (χ2n) is 10.0. The third-order valence-corrected chi connectivity index (χ3v) is 8.76. The Kier molecular flexibility index (Phi) is 5.38. The van der Waals surface area contributed by atoms with Gasteiger partial charge in [0.2, 0.25) is 0 Å². The molecular weight excluding hydrogens is 531 g/mol. The van der Waals surface area contributed by atoms with Crippen molar-refractivity contribution in [2.24, 2.45) is 10.5 Å². The summed E-state index contributed by atoms with van der Waals surface area (Å²) in [5.74, 6) is -1.84. The number of hydrogen-bond acceptors (Lipinski definition) is 5. The highest BCUT2D eigenvalue weighted by atomic mass is 35.5. The Bertz CT molecular complexity index is 1700. The maximum Gasteiger partial charge on any atom is 0.187 e. The monoisotopic (exact) mass is 550 g/mol. The van der Waals surface area contributed by atoms with E-state index < -0.39 is 23.4 Å². The van der Waals surface area contributed by atoms with Crippen molar-refractivity contribution < 1.29 is 14.4 Å². The molecule has 0 saturated carbocycles. The fourth-order valence-electron chi connectivity index (χ4n) is 6.65. The van der Waals surface area contributed by atoms with E-state index in [1.807, 2.05) is 30.3 Å². The average molecular weight is 551 g/mol. The molecule has 0 N–H and O–H groups in total. The Labute approximate surface area is 234 Å². The molecule has 1 fully saturated rings. The fourth-order valence-corrected chi connectivity index (χ4v) is 7.17. The second-order valence-corrected chi connectivity index (χ2v) is 10.9. The van der Waals surface area contributed by atoms with Crippen molar-refractivity contribution in [1.29, 1.82) is 0 Å². The molecule has 7 heteroatoms. The van der Waals surface area contributed by atoms with Gasteiger partial charge < -0.3 is 0 Å². The number of halogens is 2. The molecule has 2 aliphatic heterocycles. The first kappa shape index (κ1) is 24.0. The predicted octanol–water partition coefficient (Wildman–Crippen LogP) is 6.80. The van der Waals surface area contributed by atoms with E-state index in [-0.39, 0.29) is 22.4 Å². The number of hydrogen-bond donors (Lipinski definition) is 0. The van der Waals surface area contributed by atoms with E-state index in [2.05, 4.69) is 0 Å². The number of carbonyl (C=O) groups excluding carboxylic acids is 3. The molecular formula is C32H20Cl2N2O3. The van der Waals surface area contributed by atoms with E-state index in [1.54, 1.807) is 78.0 Å². The lowest BCUT2D eigenvalue weighted by molar-refractivity contribution is 0.0586. The van der Waals surface area contributed by atoms with Gasteiger partial charge in [-0.05, 0) is 28.8 Å². The van der Waals surface area contributed by atoms with Gasteiger partial charge >= 0.3 is 0 Å². The van der Waals surface area contributed by atoms with Crippen LogP contribution in [0.2, 0.25) is 10.0 Å². The zero-order valence-electron chi connectivity index (χ0n) is 20.4. The van der Waals surface area contributed by atoms with E-state index in [0.717, 1.165) is 11.1 Å². The summed E-state index contributed by atoms with van der Waals surface area (Å²) >= 11 is 13.1. The molecule has 1 spiro atoms. The van der Waals surface area contributed by atoms with Crippen LogP contribution in [0.25, 0.3) is 0 Å². The topological polar surface area (TPSA) is 66.8 Å². The molecule has 0 bridgehead atoms. The van der Waals surface area contributed by atoms with Gasteiger partial charge in [-0.3, -0.25) is 19.4 Å². The molecule has 1 saturated heterocycles. The normalized spacial score (nSPS) is 22.1. The molecule has 2 heterocycles. The smallest absolute Gasteiger partial charge is 0.187 e. The Morgan fingerprint density at radius 1 is 0.769 bits per heavy atom. The number of ketones is 3. The van der Waals surface area contributed by atoms with Crippen molar-refractivity contribution in [2.45, 2.75) is 18.0 Å². The van der Waals surface area contributed by atoms with Crippen molar-refractivity contribution in [2.75, 3.05) is 0 Å². The van der Waals surface area contributed by atoms with Gasteiger partial charge in [0.1, 0.15) is 11.5 Å². The van der Waals surface area contributed by atoms with Crippen LogP contribution in [-0.4, -0.2) is 34.6 Å². The van der Waals surface area contributed by atoms with Crippen LogP contribution in [0.5, 0.6) is 0 Å². The highest BCUT2D eigenvalue weighted by molar-refractivity contribution is 6.36. The van der Waals surface area contributed by atoms with E-state index in [4.69, 9.17) is 28.3 Å². The van der Waals surface area contributed by atoms with Crippen molar-refractivity contribution in [3.63, 3.8) is 0 Å². The van der Waals surface area contributed by atoms with Crippen LogP contribution in [0.1, 0.15) is 59.7 Å². The van der Waals surface area contributed by atoms with E-state index in [1.165, 1.54) is 0 Å². The number of benzene rings is 4. The van der Waals surface area contributed by atoms with Gasteiger partial charge in [-0.1, -0.05) is 108 Å². The van der Waals surface area contributed by atoms with Gasteiger partial charge in [0.15, 0.2) is 17.3 Å². The molecule has 1 aliphatic carbocycles. The first-order valence-electron chi connectivity index (χ1n) is 12.6. The summed E-state index contributed by atoms with van der Waals surface area (Å²) in [4.78, 5) is 43.8. The summed E-state index contributed by atoms with van der Waals surface area (Å²) in [5, 5.41) is 7.11. The number of Topliss-reactive ketones (excluding diaryl/α,β-unsaturated/α-hetero) is 3. The predicted molar refractivity (Wildman–Crippen MR) is 150 cm³/mol. The van der Waals surface area contributed by atoms with Crippen molar-refractivity contribution in [1.82, 2.24) is 5.01 Å². The average Bonchev–Trinajstić information content (AvgIpc) is 3.39. The van der Waals surface area contributed by atoms with Crippen LogP contribution in [0.3, 0.4) is 0 Å². The first-order chi connectivity index (χ1) is 18.9. The minimum atomic E-state index is -1.68. The van der Waals surface area contributed by atoms with Gasteiger partial charge in [-0.2, -0.15) is 5.10 Å². The third-order valence-electron chi connectivity index (χ3n) is 8.20.